The average molecular weight is 376 g/mol. The molecule has 2 heterocycles. The van der Waals surface area contributed by atoms with Crippen molar-refractivity contribution in [1.82, 2.24) is 4.98 Å². The van der Waals surface area contributed by atoms with Crippen LogP contribution in [0.25, 0.3) is 0 Å². The molecule has 1 aromatic carbocycles. The van der Waals surface area contributed by atoms with E-state index in [-0.39, 0.29) is 29.7 Å². The highest BCUT2D eigenvalue weighted by molar-refractivity contribution is 9.10. The van der Waals surface area contributed by atoms with Gasteiger partial charge in [-0.1, -0.05) is 12.1 Å². The lowest BCUT2D eigenvalue weighted by molar-refractivity contribution is -0.122. The fourth-order valence-corrected chi connectivity index (χ4v) is 3.01. The average Bonchev–Trinajstić information content (AvgIpc) is 2.92. The monoisotopic (exact) mass is 375 g/mol. The Labute approximate surface area is 141 Å². The van der Waals surface area contributed by atoms with Crippen LogP contribution in [0.15, 0.2) is 47.2 Å². The summed E-state index contributed by atoms with van der Waals surface area (Å²) in [6.45, 7) is 0.305. The van der Waals surface area contributed by atoms with Gasteiger partial charge in [0.1, 0.15) is 0 Å². The van der Waals surface area contributed by atoms with Crippen LogP contribution in [0.1, 0.15) is 6.42 Å². The van der Waals surface area contributed by atoms with E-state index in [0.29, 0.717) is 6.54 Å². The van der Waals surface area contributed by atoms with E-state index in [4.69, 9.17) is 0 Å². The number of nitrogens with one attached hydrogen (secondary N) is 1. The van der Waals surface area contributed by atoms with Crippen molar-refractivity contribution in [2.75, 3.05) is 16.8 Å². The Bertz CT molecular complexity index is 766. The maximum atomic E-state index is 12.3. The van der Waals surface area contributed by atoms with E-state index in [9.17, 15) is 14.7 Å². The number of para-hydroxylation sites is 1. The van der Waals surface area contributed by atoms with E-state index in [2.05, 4.69) is 26.2 Å². The minimum atomic E-state index is -0.470. The molecular formula is C16H14BrN3O3. The zero-order valence-electron chi connectivity index (χ0n) is 12.1. The molecule has 1 aromatic heterocycles. The Morgan fingerprint density at radius 1 is 1.35 bits per heavy atom. The summed E-state index contributed by atoms with van der Waals surface area (Å²) < 4.78 is 0.807. The topological polar surface area (TPSA) is 82.5 Å². The molecule has 2 amide bonds. The first-order valence-corrected chi connectivity index (χ1v) is 7.84. The summed E-state index contributed by atoms with van der Waals surface area (Å²) in [4.78, 5) is 29.9. The van der Waals surface area contributed by atoms with Crippen molar-refractivity contribution >= 4 is 39.1 Å². The number of pyridine rings is 1. The SMILES string of the molecule is O=C(Nc1ccncc1O)C1CC(=O)N(c2ccccc2Br)C1. The van der Waals surface area contributed by atoms with Gasteiger partial charge in [0.05, 0.1) is 23.5 Å². The normalized spacial score (nSPS) is 17.3. The van der Waals surface area contributed by atoms with Crippen molar-refractivity contribution in [2.24, 2.45) is 5.92 Å². The molecule has 0 spiro atoms. The molecule has 1 fully saturated rings. The molecule has 23 heavy (non-hydrogen) atoms. The third kappa shape index (κ3) is 3.19. The van der Waals surface area contributed by atoms with Gasteiger partial charge in [0.2, 0.25) is 11.8 Å². The molecule has 3 rings (SSSR count). The van der Waals surface area contributed by atoms with Crippen molar-refractivity contribution in [1.29, 1.82) is 0 Å². The van der Waals surface area contributed by atoms with Gasteiger partial charge in [-0.05, 0) is 34.1 Å². The molecule has 1 atom stereocenters. The number of amides is 2. The van der Waals surface area contributed by atoms with Gasteiger partial charge in [-0.3, -0.25) is 14.6 Å². The fraction of sp³-hybridized carbons (Fsp3) is 0.188. The molecule has 1 aliphatic heterocycles. The van der Waals surface area contributed by atoms with E-state index < -0.39 is 5.92 Å². The molecule has 0 saturated carbocycles. The zero-order valence-corrected chi connectivity index (χ0v) is 13.7. The van der Waals surface area contributed by atoms with E-state index in [1.165, 1.54) is 18.5 Å². The Balaban J connectivity index is 1.74. The molecule has 6 nitrogen and oxygen atoms in total. The van der Waals surface area contributed by atoms with Gasteiger partial charge in [-0.2, -0.15) is 0 Å². The van der Waals surface area contributed by atoms with E-state index in [0.717, 1.165) is 10.2 Å². The molecular weight excluding hydrogens is 362 g/mol. The Hall–Kier alpha value is -2.41. The smallest absolute Gasteiger partial charge is 0.229 e. The third-order valence-electron chi connectivity index (χ3n) is 3.70. The highest BCUT2D eigenvalue weighted by atomic mass is 79.9. The summed E-state index contributed by atoms with van der Waals surface area (Å²) in [6.07, 6.45) is 2.87. The Morgan fingerprint density at radius 2 is 2.13 bits per heavy atom. The summed E-state index contributed by atoms with van der Waals surface area (Å²) in [5.41, 5.74) is 1.04. The minimum Gasteiger partial charge on any atom is -0.504 e. The van der Waals surface area contributed by atoms with E-state index >= 15 is 0 Å². The van der Waals surface area contributed by atoms with Crippen LogP contribution in [0.4, 0.5) is 11.4 Å². The molecule has 2 aromatic rings. The highest BCUT2D eigenvalue weighted by Gasteiger charge is 2.36. The number of aromatic nitrogens is 1. The minimum absolute atomic E-state index is 0.101. The predicted octanol–water partition coefficient (Wildman–Crippen LogP) is 2.54. The van der Waals surface area contributed by atoms with Crippen LogP contribution in [-0.4, -0.2) is 28.4 Å². The van der Waals surface area contributed by atoms with Crippen molar-refractivity contribution in [3.8, 4) is 5.75 Å². The summed E-state index contributed by atoms with van der Waals surface area (Å²) >= 11 is 3.42. The number of halogens is 1. The van der Waals surface area contributed by atoms with Crippen LogP contribution in [0.5, 0.6) is 5.75 Å². The van der Waals surface area contributed by atoms with Gasteiger partial charge in [0, 0.05) is 23.6 Å². The lowest BCUT2D eigenvalue weighted by atomic mass is 10.1. The lowest BCUT2D eigenvalue weighted by Gasteiger charge is -2.18. The van der Waals surface area contributed by atoms with Crippen LogP contribution in [0.3, 0.4) is 0 Å². The van der Waals surface area contributed by atoms with Crippen LogP contribution in [0.2, 0.25) is 0 Å². The van der Waals surface area contributed by atoms with Gasteiger partial charge < -0.3 is 15.3 Å². The van der Waals surface area contributed by atoms with E-state index in [1.54, 1.807) is 4.90 Å². The first-order chi connectivity index (χ1) is 11.1. The van der Waals surface area contributed by atoms with Gasteiger partial charge in [0.25, 0.3) is 0 Å². The quantitative estimate of drug-likeness (QED) is 0.863. The Morgan fingerprint density at radius 3 is 2.87 bits per heavy atom. The van der Waals surface area contributed by atoms with Gasteiger partial charge in [-0.15, -0.1) is 0 Å². The molecule has 2 N–H and O–H groups in total. The second-order valence-corrected chi connectivity index (χ2v) is 6.09. The first-order valence-electron chi connectivity index (χ1n) is 7.05. The molecule has 1 saturated heterocycles. The number of nitrogens with zero attached hydrogens (tertiary/aromatic N) is 2. The number of carbonyl (C=O) groups is 2. The molecule has 1 aliphatic rings. The fourth-order valence-electron chi connectivity index (χ4n) is 2.51. The lowest BCUT2D eigenvalue weighted by Crippen LogP contribution is -2.28. The van der Waals surface area contributed by atoms with Crippen LogP contribution in [-0.2, 0) is 9.59 Å². The number of rotatable bonds is 3. The molecule has 0 aliphatic carbocycles. The van der Waals surface area contributed by atoms with Crippen LogP contribution >= 0.6 is 15.9 Å². The maximum absolute atomic E-state index is 12.3. The summed E-state index contributed by atoms with van der Waals surface area (Å²) in [6, 6.07) is 8.90. The number of benzene rings is 1. The number of anilines is 2. The molecule has 1 unspecified atom stereocenters. The predicted molar refractivity (Wildman–Crippen MR) is 89.1 cm³/mol. The van der Waals surface area contributed by atoms with E-state index in [1.807, 2.05) is 24.3 Å². The second-order valence-electron chi connectivity index (χ2n) is 5.24. The van der Waals surface area contributed by atoms with Crippen molar-refractivity contribution in [2.45, 2.75) is 6.42 Å². The number of carbonyl (C=O) groups excluding carboxylic acids is 2. The highest BCUT2D eigenvalue weighted by Crippen LogP contribution is 2.32. The maximum Gasteiger partial charge on any atom is 0.229 e. The Kier molecular flexibility index (Phi) is 4.29. The molecule has 0 bridgehead atoms. The standard InChI is InChI=1S/C16H14BrN3O3/c17-11-3-1-2-4-13(11)20-9-10(7-15(20)22)16(23)19-12-5-6-18-8-14(12)21/h1-6,8,10,21H,7,9H2,(H,18,19,23). The van der Waals surface area contributed by atoms with Gasteiger partial charge in [-0.25, -0.2) is 0 Å². The second kappa shape index (κ2) is 6.37. The largest absolute Gasteiger partial charge is 0.504 e. The first kappa shape index (κ1) is 15.5. The number of aromatic hydroxyl groups is 1. The van der Waals surface area contributed by atoms with Gasteiger partial charge >= 0.3 is 0 Å². The molecule has 0 radical (unpaired) electrons. The third-order valence-corrected chi connectivity index (χ3v) is 4.37. The van der Waals surface area contributed by atoms with Crippen molar-refractivity contribution in [3.63, 3.8) is 0 Å². The van der Waals surface area contributed by atoms with Gasteiger partial charge in [0.15, 0.2) is 5.75 Å². The van der Waals surface area contributed by atoms with Crippen LogP contribution < -0.4 is 10.2 Å². The summed E-state index contributed by atoms with van der Waals surface area (Å²) in [7, 11) is 0. The number of hydrogen-bond acceptors (Lipinski definition) is 4. The van der Waals surface area contributed by atoms with Crippen LogP contribution in [0, 0.1) is 5.92 Å². The summed E-state index contributed by atoms with van der Waals surface area (Å²) in [5, 5.41) is 12.3. The number of hydrogen-bond donors (Lipinski definition) is 2. The summed E-state index contributed by atoms with van der Waals surface area (Å²) in [5.74, 6) is -0.972. The van der Waals surface area contributed by atoms with Crippen molar-refractivity contribution in [3.05, 3.63) is 47.2 Å². The molecule has 118 valence electrons. The zero-order chi connectivity index (χ0) is 16.4. The van der Waals surface area contributed by atoms with Crippen molar-refractivity contribution < 1.29 is 14.7 Å². The molecule has 7 heteroatoms.